The van der Waals surface area contributed by atoms with Gasteiger partial charge in [0.25, 0.3) is 0 Å². The predicted molar refractivity (Wildman–Crippen MR) is 50.1 cm³/mol. The van der Waals surface area contributed by atoms with E-state index in [1.54, 1.807) is 0 Å². The lowest BCUT2D eigenvalue weighted by Crippen LogP contribution is -2.45. The fourth-order valence-electron chi connectivity index (χ4n) is 0.562. The number of hydrogen-bond donors (Lipinski definition) is 2. The van der Waals surface area contributed by atoms with Crippen LogP contribution in [0.15, 0.2) is 0 Å². The molecule has 0 aliphatic rings. The van der Waals surface area contributed by atoms with Crippen LogP contribution in [0.4, 0.5) is 0 Å². The SMILES string of the molecule is CC(C)(C)NC(=N)C(C)(C)C. The van der Waals surface area contributed by atoms with Crippen molar-refractivity contribution >= 4 is 5.84 Å². The summed E-state index contributed by atoms with van der Waals surface area (Å²) in [6.45, 7) is 12.3. The van der Waals surface area contributed by atoms with Crippen LogP contribution in [0.25, 0.3) is 0 Å². The molecule has 0 radical (unpaired) electrons. The van der Waals surface area contributed by atoms with Crippen LogP contribution in [0.1, 0.15) is 41.5 Å². The van der Waals surface area contributed by atoms with Gasteiger partial charge in [0.2, 0.25) is 0 Å². The van der Waals surface area contributed by atoms with Crippen molar-refractivity contribution < 1.29 is 0 Å². The van der Waals surface area contributed by atoms with E-state index in [0.29, 0.717) is 5.84 Å². The van der Waals surface area contributed by atoms with Crippen molar-refractivity contribution in [3.63, 3.8) is 0 Å². The molecule has 0 aromatic rings. The molecule has 0 spiro atoms. The highest BCUT2D eigenvalue weighted by Crippen LogP contribution is 2.15. The summed E-state index contributed by atoms with van der Waals surface area (Å²) >= 11 is 0. The highest BCUT2D eigenvalue weighted by atomic mass is 15.0. The first kappa shape index (κ1) is 10.5. The Morgan fingerprint density at radius 2 is 1.36 bits per heavy atom. The molecule has 0 aromatic heterocycles. The molecule has 0 atom stereocenters. The van der Waals surface area contributed by atoms with Crippen molar-refractivity contribution in [3.05, 3.63) is 0 Å². The van der Waals surface area contributed by atoms with Gasteiger partial charge < -0.3 is 5.32 Å². The molecule has 0 fully saturated rings. The fourth-order valence-corrected chi connectivity index (χ4v) is 0.562. The monoisotopic (exact) mass is 156 g/mol. The third kappa shape index (κ3) is 4.82. The third-order valence-corrected chi connectivity index (χ3v) is 1.25. The number of rotatable bonds is 0. The molecule has 0 saturated carbocycles. The van der Waals surface area contributed by atoms with Crippen LogP contribution in [-0.2, 0) is 0 Å². The third-order valence-electron chi connectivity index (χ3n) is 1.25. The minimum Gasteiger partial charge on any atom is -0.369 e. The van der Waals surface area contributed by atoms with Gasteiger partial charge in [0, 0.05) is 11.0 Å². The van der Waals surface area contributed by atoms with Gasteiger partial charge in [-0.3, -0.25) is 5.41 Å². The second kappa shape index (κ2) is 2.84. The molecule has 2 N–H and O–H groups in total. The Kier molecular flexibility index (Phi) is 2.70. The Morgan fingerprint density at radius 1 is 1.00 bits per heavy atom. The van der Waals surface area contributed by atoms with Crippen molar-refractivity contribution in [3.8, 4) is 0 Å². The molecule has 0 unspecified atom stereocenters. The molecule has 0 bridgehead atoms. The molecule has 0 aliphatic carbocycles. The minimum atomic E-state index is -0.0622. The van der Waals surface area contributed by atoms with Crippen molar-refractivity contribution in [2.45, 2.75) is 47.1 Å². The highest BCUT2D eigenvalue weighted by Gasteiger charge is 2.21. The topological polar surface area (TPSA) is 35.9 Å². The molecule has 0 amide bonds. The smallest absolute Gasteiger partial charge is 0.0990 e. The quantitative estimate of drug-likeness (QED) is 0.410. The molecule has 0 saturated heterocycles. The van der Waals surface area contributed by atoms with E-state index in [0.717, 1.165) is 0 Å². The summed E-state index contributed by atoms with van der Waals surface area (Å²) in [5.74, 6) is 0.602. The number of hydrogen-bond acceptors (Lipinski definition) is 1. The van der Waals surface area contributed by atoms with E-state index in [2.05, 4.69) is 26.1 Å². The summed E-state index contributed by atoms with van der Waals surface area (Å²) in [4.78, 5) is 0. The largest absolute Gasteiger partial charge is 0.369 e. The second-order valence-corrected chi connectivity index (χ2v) is 5.00. The summed E-state index contributed by atoms with van der Waals surface area (Å²) in [7, 11) is 0. The first-order valence-corrected chi connectivity index (χ1v) is 4.00. The van der Waals surface area contributed by atoms with E-state index >= 15 is 0 Å². The molecular formula is C9H20N2. The summed E-state index contributed by atoms with van der Waals surface area (Å²) in [5.41, 5.74) is -0.0579. The normalized spacial score (nSPS) is 12.9. The van der Waals surface area contributed by atoms with Crippen molar-refractivity contribution in [1.82, 2.24) is 5.32 Å². The Bertz CT molecular complexity index is 146. The van der Waals surface area contributed by atoms with Gasteiger partial charge >= 0.3 is 0 Å². The van der Waals surface area contributed by atoms with E-state index in [1.807, 2.05) is 20.8 Å². The van der Waals surface area contributed by atoms with Crippen molar-refractivity contribution in [2.75, 3.05) is 0 Å². The Morgan fingerprint density at radius 3 is 1.45 bits per heavy atom. The standard InChI is InChI=1S/C9H20N2/c1-8(2,3)7(10)11-9(4,5)6/h1-6H3,(H2,10,11). The maximum Gasteiger partial charge on any atom is 0.0990 e. The Labute approximate surface area is 69.9 Å². The van der Waals surface area contributed by atoms with E-state index in [4.69, 9.17) is 5.41 Å². The van der Waals surface area contributed by atoms with Crippen molar-refractivity contribution in [2.24, 2.45) is 5.41 Å². The lowest BCUT2D eigenvalue weighted by Gasteiger charge is -2.29. The summed E-state index contributed by atoms with van der Waals surface area (Å²) in [6.07, 6.45) is 0. The zero-order chi connectivity index (χ0) is 9.28. The summed E-state index contributed by atoms with van der Waals surface area (Å²) < 4.78 is 0. The van der Waals surface area contributed by atoms with Gasteiger partial charge in [-0.25, -0.2) is 0 Å². The second-order valence-electron chi connectivity index (χ2n) is 5.00. The van der Waals surface area contributed by atoms with Crippen LogP contribution < -0.4 is 5.32 Å². The molecule has 2 heteroatoms. The van der Waals surface area contributed by atoms with E-state index in [-0.39, 0.29) is 11.0 Å². The predicted octanol–water partition coefficient (Wildman–Crippen LogP) is 2.40. The van der Waals surface area contributed by atoms with E-state index in [1.165, 1.54) is 0 Å². The maximum atomic E-state index is 7.68. The van der Waals surface area contributed by atoms with Gasteiger partial charge in [-0.05, 0) is 20.8 Å². The maximum absolute atomic E-state index is 7.68. The zero-order valence-corrected chi connectivity index (χ0v) is 8.50. The molecule has 2 nitrogen and oxygen atoms in total. The van der Waals surface area contributed by atoms with Gasteiger partial charge in [-0.1, -0.05) is 20.8 Å². The summed E-state index contributed by atoms with van der Waals surface area (Å²) in [6, 6.07) is 0. The van der Waals surface area contributed by atoms with Gasteiger partial charge in [0.1, 0.15) is 0 Å². The Balaban J connectivity index is 4.11. The number of amidine groups is 1. The molecule has 0 aromatic carbocycles. The molecular weight excluding hydrogens is 136 g/mol. The first-order chi connectivity index (χ1) is 4.63. The van der Waals surface area contributed by atoms with Gasteiger partial charge in [-0.15, -0.1) is 0 Å². The summed E-state index contributed by atoms with van der Waals surface area (Å²) in [5, 5.41) is 10.8. The molecule has 66 valence electrons. The van der Waals surface area contributed by atoms with Crippen LogP contribution in [0.2, 0.25) is 0 Å². The van der Waals surface area contributed by atoms with Crippen LogP contribution >= 0.6 is 0 Å². The van der Waals surface area contributed by atoms with Crippen LogP contribution in [0, 0.1) is 10.8 Å². The minimum absolute atomic E-state index is 0.00433. The van der Waals surface area contributed by atoms with Gasteiger partial charge in [-0.2, -0.15) is 0 Å². The lowest BCUT2D eigenvalue weighted by atomic mass is 9.93. The lowest BCUT2D eigenvalue weighted by molar-refractivity contribution is 0.463. The average molecular weight is 156 g/mol. The van der Waals surface area contributed by atoms with Crippen molar-refractivity contribution in [1.29, 1.82) is 5.41 Å². The van der Waals surface area contributed by atoms with Crippen LogP contribution in [0.3, 0.4) is 0 Å². The van der Waals surface area contributed by atoms with E-state index in [9.17, 15) is 0 Å². The van der Waals surface area contributed by atoms with Gasteiger partial charge in [0.05, 0.1) is 5.84 Å². The number of nitrogens with one attached hydrogen (secondary N) is 2. The van der Waals surface area contributed by atoms with Crippen LogP contribution in [0.5, 0.6) is 0 Å². The Hall–Kier alpha value is -0.530. The van der Waals surface area contributed by atoms with Crippen LogP contribution in [-0.4, -0.2) is 11.4 Å². The average Bonchev–Trinajstić information content (AvgIpc) is 1.56. The molecule has 0 aliphatic heterocycles. The van der Waals surface area contributed by atoms with E-state index < -0.39 is 0 Å². The van der Waals surface area contributed by atoms with Gasteiger partial charge in [0.15, 0.2) is 0 Å². The first-order valence-electron chi connectivity index (χ1n) is 4.00. The fraction of sp³-hybridized carbons (Fsp3) is 0.889. The molecule has 0 rings (SSSR count). The molecule has 0 heterocycles. The molecule has 11 heavy (non-hydrogen) atoms. The zero-order valence-electron chi connectivity index (χ0n) is 8.50. The highest BCUT2D eigenvalue weighted by molar-refractivity contribution is 5.84.